The van der Waals surface area contributed by atoms with Gasteiger partial charge >= 0.3 is 0 Å². The zero-order valence-electron chi connectivity index (χ0n) is 30.5. The van der Waals surface area contributed by atoms with Crippen molar-refractivity contribution in [3.8, 4) is 11.5 Å². The molecule has 282 valence electrons. The monoisotopic (exact) mass is 731 g/mol. The fourth-order valence-corrected chi connectivity index (χ4v) is 7.92. The Kier molecular flexibility index (Phi) is 12.1. The molecule has 51 heavy (non-hydrogen) atoms. The number of carbonyl (C=O) groups excluding carboxylic acids is 4. The highest BCUT2D eigenvalue weighted by Crippen LogP contribution is 2.43. The third kappa shape index (κ3) is 9.27. The smallest absolute Gasteiger partial charge is 0.248 e. The van der Waals surface area contributed by atoms with Gasteiger partial charge in [0.25, 0.3) is 0 Å². The lowest BCUT2D eigenvalue weighted by Gasteiger charge is -2.36. The minimum atomic E-state index is -1.59. The van der Waals surface area contributed by atoms with Crippen LogP contribution in [-0.2, 0) is 24.0 Å². The summed E-state index contributed by atoms with van der Waals surface area (Å²) < 4.78 is 11.0. The highest BCUT2D eigenvalue weighted by molar-refractivity contribution is 6.32. The second-order valence-corrected chi connectivity index (χ2v) is 16.3. The number of primary amides is 1. The summed E-state index contributed by atoms with van der Waals surface area (Å²) in [4.78, 5) is 62.0. The zero-order chi connectivity index (χ0) is 37.1. The SMILES string of the molecule is COc1cc(OC)c(C2=NO[C@]3(C2)C[C@@H](C(=O)N[C@@H](CC2CC2)C(O)C(N)=O)N(C(=O)[C@@H](NC(=O)CC2CCCCCC2)C(C)(C)C)C3)cc1Cl. The predicted octanol–water partition coefficient (Wildman–Crippen LogP) is 3.84. The van der Waals surface area contributed by atoms with Crippen molar-refractivity contribution >= 4 is 40.9 Å². The molecule has 0 bridgehead atoms. The summed E-state index contributed by atoms with van der Waals surface area (Å²) in [5.41, 5.74) is 4.77. The summed E-state index contributed by atoms with van der Waals surface area (Å²) in [5.74, 6) is -0.696. The van der Waals surface area contributed by atoms with Crippen LogP contribution in [0.4, 0.5) is 0 Å². The Morgan fingerprint density at radius 3 is 2.29 bits per heavy atom. The Balaban J connectivity index is 1.42. The fraction of sp³-hybridized carbons (Fsp3) is 0.703. The molecule has 3 fully saturated rings. The Labute approximate surface area is 305 Å². The summed E-state index contributed by atoms with van der Waals surface area (Å²) in [6, 6.07) is 0.411. The molecule has 1 aromatic carbocycles. The maximum atomic E-state index is 14.7. The molecule has 5 atom stereocenters. The number of oxime groups is 1. The minimum Gasteiger partial charge on any atom is -0.496 e. The summed E-state index contributed by atoms with van der Waals surface area (Å²) in [6.07, 6.45) is 7.78. The van der Waals surface area contributed by atoms with E-state index in [1.807, 2.05) is 20.8 Å². The van der Waals surface area contributed by atoms with Gasteiger partial charge in [0.05, 0.1) is 37.5 Å². The molecule has 1 aromatic rings. The molecule has 5 rings (SSSR count). The van der Waals surface area contributed by atoms with Crippen LogP contribution in [0.15, 0.2) is 17.3 Å². The number of hydrogen-bond donors (Lipinski definition) is 4. The number of rotatable bonds is 13. The molecule has 5 N–H and O–H groups in total. The molecule has 2 aliphatic heterocycles. The maximum absolute atomic E-state index is 14.7. The van der Waals surface area contributed by atoms with Gasteiger partial charge in [-0.3, -0.25) is 19.2 Å². The van der Waals surface area contributed by atoms with Crippen LogP contribution in [0.5, 0.6) is 11.5 Å². The van der Waals surface area contributed by atoms with Gasteiger partial charge in [-0.05, 0) is 42.6 Å². The maximum Gasteiger partial charge on any atom is 0.248 e. The standard InChI is InChI=1S/C37H54ClN5O8/c1-36(2,3)32(41-30(44)15-21-10-8-6-7-9-11-21)35(48)43-20-37(18-26(42-51-37)23-16-24(38)29(50-5)17-28(23)49-4)19-27(43)34(47)40-25(14-22-12-13-22)31(45)33(39)46/h16-17,21-22,25,27,31-32,45H,6-15,18-20H2,1-5H3,(H2,39,46)(H,40,47)(H,41,44)/t25-,27-,31?,32+,37+/m0/s1. The molecule has 4 amide bonds. The molecular formula is C37H54ClN5O8. The topological polar surface area (TPSA) is 182 Å². The number of nitrogens with one attached hydrogen (secondary N) is 2. The van der Waals surface area contributed by atoms with Gasteiger partial charge in [-0.15, -0.1) is 0 Å². The first-order valence-electron chi connectivity index (χ1n) is 18.2. The molecule has 0 radical (unpaired) electrons. The molecule has 2 heterocycles. The van der Waals surface area contributed by atoms with E-state index in [2.05, 4.69) is 15.8 Å². The quantitative estimate of drug-likeness (QED) is 0.221. The van der Waals surface area contributed by atoms with Gasteiger partial charge in [0.1, 0.15) is 23.6 Å². The second kappa shape index (κ2) is 16.0. The van der Waals surface area contributed by atoms with Crippen molar-refractivity contribution in [1.29, 1.82) is 0 Å². The predicted molar refractivity (Wildman–Crippen MR) is 191 cm³/mol. The van der Waals surface area contributed by atoms with Crippen LogP contribution < -0.4 is 25.8 Å². The molecule has 1 unspecified atom stereocenters. The highest BCUT2D eigenvalue weighted by Gasteiger charge is 2.56. The van der Waals surface area contributed by atoms with Crippen molar-refractivity contribution in [2.75, 3.05) is 20.8 Å². The molecule has 0 aromatic heterocycles. The van der Waals surface area contributed by atoms with Gasteiger partial charge in [0.15, 0.2) is 11.7 Å². The van der Waals surface area contributed by atoms with Crippen LogP contribution in [0, 0.1) is 17.3 Å². The number of methoxy groups -OCH3 is 2. The minimum absolute atomic E-state index is 0.000136. The number of halogens is 1. The summed E-state index contributed by atoms with van der Waals surface area (Å²) >= 11 is 6.47. The van der Waals surface area contributed by atoms with Crippen LogP contribution in [0.3, 0.4) is 0 Å². The van der Waals surface area contributed by atoms with Crippen molar-refractivity contribution in [2.24, 2.45) is 28.1 Å². The van der Waals surface area contributed by atoms with Gasteiger partial charge in [-0.1, -0.05) is 76.1 Å². The van der Waals surface area contributed by atoms with E-state index in [4.69, 9.17) is 31.6 Å². The van der Waals surface area contributed by atoms with Crippen molar-refractivity contribution in [3.05, 3.63) is 22.7 Å². The number of ether oxygens (including phenoxy) is 2. The Morgan fingerprint density at radius 2 is 1.71 bits per heavy atom. The van der Waals surface area contributed by atoms with Crippen molar-refractivity contribution in [3.63, 3.8) is 0 Å². The zero-order valence-corrected chi connectivity index (χ0v) is 31.2. The van der Waals surface area contributed by atoms with E-state index >= 15 is 0 Å². The molecule has 4 aliphatic rings. The number of likely N-dealkylation sites (tertiary alicyclic amines) is 1. The third-order valence-electron chi connectivity index (χ3n) is 10.8. The molecular weight excluding hydrogens is 678 g/mol. The highest BCUT2D eigenvalue weighted by atomic mass is 35.5. The number of amides is 4. The van der Waals surface area contributed by atoms with E-state index < -0.39 is 53.0 Å². The number of nitrogens with two attached hydrogens (primary N) is 1. The van der Waals surface area contributed by atoms with Crippen molar-refractivity contribution in [1.82, 2.24) is 15.5 Å². The van der Waals surface area contributed by atoms with Crippen LogP contribution in [0.1, 0.15) is 103 Å². The average molecular weight is 732 g/mol. The van der Waals surface area contributed by atoms with Gasteiger partial charge < -0.3 is 40.7 Å². The summed E-state index contributed by atoms with van der Waals surface area (Å²) in [6.45, 7) is 5.64. The van der Waals surface area contributed by atoms with Gasteiger partial charge in [0, 0.05) is 30.9 Å². The van der Waals surface area contributed by atoms with Gasteiger partial charge in [0.2, 0.25) is 23.6 Å². The first kappa shape index (κ1) is 38.6. The normalized spacial score (nSPS) is 24.2. The molecule has 14 heteroatoms. The van der Waals surface area contributed by atoms with E-state index in [1.165, 1.54) is 32.0 Å². The van der Waals surface area contributed by atoms with E-state index in [9.17, 15) is 24.3 Å². The van der Waals surface area contributed by atoms with Crippen LogP contribution in [-0.4, -0.2) is 89.9 Å². The first-order valence-corrected chi connectivity index (χ1v) is 18.6. The average Bonchev–Trinajstić information content (AvgIpc) is 3.77. The van der Waals surface area contributed by atoms with E-state index in [-0.39, 0.29) is 37.1 Å². The number of aliphatic hydroxyl groups is 1. The van der Waals surface area contributed by atoms with E-state index in [0.29, 0.717) is 40.6 Å². The van der Waals surface area contributed by atoms with Crippen LogP contribution >= 0.6 is 11.6 Å². The van der Waals surface area contributed by atoms with Crippen LogP contribution in [0.25, 0.3) is 0 Å². The van der Waals surface area contributed by atoms with E-state index in [1.54, 1.807) is 12.1 Å². The fourth-order valence-electron chi connectivity index (χ4n) is 7.68. The number of nitrogens with zero attached hydrogens (tertiary/aromatic N) is 2. The lowest BCUT2D eigenvalue weighted by molar-refractivity contribution is -0.145. The molecule has 2 aliphatic carbocycles. The second-order valence-electron chi connectivity index (χ2n) is 15.9. The first-order chi connectivity index (χ1) is 24.1. The lowest BCUT2D eigenvalue weighted by Crippen LogP contribution is -2.59. The largest absolute Gasteiger partial charge is 0.496 e. The molecule has 1 spiro atoms. The Morgan fingerprint density at radius 1 is 1.04 bits per heavy atom. The number of carbonyl (C=O) groups is 4. The molecule has 1 saturated heterocycles. The Hall–Kier alpha value is -3.58. The van der Waals surface area contributed by atoms with Gasteiger partial charge in [-0.25, -0.2) is 0 Å². The Bertz CT molecular complexity index is 1500. The number of hydrogen-bond acceptors (Lipinski definition) is 9. The summed E-state index contributed by atoms with van der Waals surface area (Å²) in [5, 5.41) is 21.3. The number of aliphatic hydroxyl groups excluding tert-OH is 1. The van der Waals surface area contributed by atoms with Gasteiger partial charge in [-0.2, -0.15) is 0 Å². The van der Waals surface area contributed by atoms with Crippen LogP contribution in [0.2, 0.25) is 5.02 Å². The number of benzene rings is 1. The van der Waals surface area contributed by atoms with Crippen molar-refractivity contribution < 1.29 is 38.6 Å². The molecule has 2 saturated carbocycles. The summed E-state index contributed by atoms with van der Waals surface area (Å²) in [7, 11) is 3.02. The lowest BCUT2D eigenvalue weighted by atomic mass is 9.85. The third-order valence-corrected chi connectivity index (χ3v) is 11.1. The molecule has 13 nitrogen and oxygen atoms in total. The van der Waals surface area contributed by atoms with E-state index in [0.717, 1.165) is 38.5 Å². The van der Waals surface area contributed by atoms with Crippen molar-refractivity contribution in [2.45, 2.75) is 128 Å².